The van der Waals surface area contributed by atoms with Gasteiger partial charge in [-0.1, -0.05) is 32.9 Å². The molecule has 2 aromatic carbocycles. The number of benzene rings is 2. The normalized spacial score (nSPS) is 12.3. The number of amides is 1. The van der Waals surface area contributed by atoms with Crippen LogP contribution in [0.1, 0.15) is 56.1 Å². The van der Waals surface area contributed by atoms with E-state index in [4.69, 9.17) is 14.2 Å². The Morgan fingerprint density at radius 3 is 2.34 bits per heavy atom. The van der Waals surface area contributed by atoms with Crippen LogP contribution in [0.4, 0.5) is 0 Å². The molecule has 0 heterocycles. The van der Waals surface area contributed by atoms with Gasteiger partial charge in [0, 0.05) is 24.3 Å². The third kappa shape index (κ3) is 6.79. The lowest BCUT2D eigenvalue weighted by molar-refractivity contribution is 0.0905. The highest BCUT2D eigenvalue weighted by Gasteiger charge is 2.15. The van der Waals surface area contributed by atoms with E-state index in [0.29, 0.717) is 25.4 Å². The van der Waals surface area contributed by atoms with Crippen molar-refractivity contribution in [1.29, 1.82) is 0 Å². The van der Waals surface area contributed by atoms with E-state index >= 15 is 0 Å². The Bertz CT molecular complexity index is 794. The van der Waals surface area contributed by atoms with E-state index in [9.17, 15) is 4.79 Å². The summed E-state index contributed by atoms with van der Waals surface area (Å²) in [6, 6.07) is 13.5. The topological polar surface area (TPSA) is 56.8 Å². The van der Waals surface area contributed by atoms with Crippen LogP contribution in [0.2, 0.25) is 0 Å². The zero-order valence-electron chi connectivity index (χ0n) is 18.4. The average molecular weight is 400 g/mol. The van der Waals surface area contributed by atoms with Crippen LogP contribution < -0.4 is 14.8 Å². The minimum atomic E-state index is -0.145. The van der Waals surface area contributed by atoms with Crippen molar-refractivity contribution in [3.05, 3.63) is 59.2 Å². The quantitative estimate of drug-likeness (QED) is 0.662. The molecule has 2 rings (SSSR count). The average Bonchev–Trinajstić information content (AvgIpc) is 2.67. The second kappa shape index (κ2) is 10.3. The lowest BCUT2D eigenvalue weighted by atomic mass is 9.87. The first-order valence-corrected chi connectivity index (χ1v) is 10.0. The molecule has 0 aromatic heterocycles. The van der Waals surface area contributed by atoms with E-state index in [1.807, 2.05) is 38.1 Å². The molecule has 1 N–H and O–H groups in total. The lowest BCUT2D eigenvalue weighted by Gasteiger charge is -2.19. The molecule has 0 aliphatic rings. The first kappa shape index (κ1) is 22.8. The Morgan fingerprint density at radius 1 is 1.07 bits per heavy atom. The largest absolute Gasteiger partial charge is 0.493 e. The van der Waals surface area contributed by atoms with Crippen molar-refractivity contribution in [1.82, 2.24) is 5.32 Å². The van der Waals surface area contributed by atoms with Gasteiger partial charge >= 0.3 is 0 Å². The molecule has 1 atom stereocenters. The summed E-state index contributed by atoms with van der Waals surface area (Å²) >= 11 is 0. The van der Waals surface area contributed by atoms with Gasteiger partial charge in [0.25, 0.3) is 5.91 Å². The highest BCUT2D eigenvalue weighted by molar-refractivity contribution is 5.94. The number of methoxy groups -OCH3 is 1. The zero-order chi connectivity index (χ0) is 21.4. The van der Waals surface area contributed by atoms with Gasteiger partial charge in [-0.2, -0.15) is 0 Å². The second-order valence-corrected chi connectivity index (χ2v) is 8.15. The van der Waals surface area contributed by atoms with Gasteiger partial charge in [0.05, 0.1) is 13.2 Å². The van der Waals surface area contributed by atoms with Crippen LogP contribution in [-0.4, -0.2) is 32.3 Å². The highest BCUT2D eigenvalue weighted by Crippen LogP contribution is 2.26. The van der Waals surface area contributed by atoms with Gasteiger partial charge < -0.3 is 19.5 Å². The van der Waals surface area contributed by atoms with E-state index in [0.717, 1.165) is 17.1 Å². The monoisotopic (exact) mass is 399 g/mol. The Balaban J connectivity index is 2.13. The van der Waals surface area contributed by atoms with Gasteiger partial charge in [-0.3, -0.25) is 4.79 Å². The fraction of sp³-hybridized carbons (Fsp3) is 0.458. The number of rotatable bonds is 9. The molecular weight excluding hydrogens is 366 g/mol. The van der Waals surface area contributed by atoms with Crippen LogP contribution in [0.25, 0.3) is 0 Å². The predicted octanol–water partition coefficient (Wildman–Crippen LogP) is 4.73. The zero-order valence-corrected chi connectivity index (χ0v) is 18.4. The summed E-state index contributed by atoms with van der Waals surface area (Å²) in [5.41, 5.74) is 2.75. The van der Waals surface area contributed by atoms with Crippen LogP contribution in [0.15, 0.2) is 42.5 Å². The minimum Gasteiger partial charge on any atom is -0.493 e. The minimum absolute atomic E-state index is 0.0694. The number of hydrogen-bond acceptors (Lipinski definition) is 4. The molecular formula is C24H33NO4. The molecule has 0 radical (unpaired) electrons. The molecule has 0 bridgehead atoms. The van der Waals surface area contributed by atoms with Crippen molar-refractivity contribution in [3.63, 3.8) is 0 Å². The van der Waals surface area contributed by atoms with Gasteiger partial charge in [-0.25, -0.2) is 0 Å². The number of carbonyl (C=O) groups is 1. The molecule has 0 saturated heterocycles. The van der Waals surface area contributed by atoms with Crippen molar-refractivity contribution in [2.45, 2.75) is 52.7 Å². The van der Waals surface area contributed by atoms with Crippen molar-refractivity contribution < 1.29 is 19.0 Å². The first-order chi connectivity index (χ1) is 13.7. The molecule has 29 heavy (non-hydrogen) atoms. The molecule has 1 amide bonds. The fourth-order valence-electron chi connectivity index (χ4n) is 2.94. The summed E-state index contributed by atoms with van der Waals surface area (Å²) in [5, 5.41) is 2.92. The maximum absolute atomic E-state index is 12.5. The van der Waals surface area contributed by atoms with Gasteiger partial charge in [0.2, 0.25) is 0 Å². The van der Waals surface area contributed by atoms with Crippen molar-refractivity contribution in [3.8, 4) is 11.5 Å². The lowest BCUT2D eigenvalue weighted by Crippen LogP contribution is -2.35. The molecule has 0 saturated carbocycles. The third-order valence-electron chi connectivity index (χ3n) is 4.53. The maximum Gasteiger partial charge on any atom is 0.251 e. The molecule has 0 aliphatic carbocycles. The van der Waals surface area contributed by atoms with Crippen LogP contribution >= 0.6 is 0 Å². The van der Waals surface area contributed by atoms with E-state index in [2.05, 4.69) is 38.2 Å². The van der Waals surface area contributed by atoms with Gasteiger partial charge in [-0.05, 0) is 55.2 Å². The van der Waals surface area contributed by atoms with Crippen molar-refractivity contribution in [2.24, 2.45) is 0 Å². The molecule has 2 aromatic rings. The van der Waals surface area contributed by atoms with Gasteiger partial charge in [-0.15, -0.1) is 0 Å². The Kier molecular flexibility index (Phi) is 8.09. The summed E-state index contributed by atoms with van der Waals surface area (Å²) in [6.45, 7) is 11.7. The SMILES string of the molecule is CCOc1ccc(C(=O)NC(C)COC)cc1COc1ccc(C(C)(C)C)cc1. The summed E-state index contributed by atoms with van der Waals surface area (Å²) in [6.07, 6.45) is 0. The summed E-state index contributed by atoms with van der Waals surface area (Å²) < 4.78 is 16.8. The van der Waals surface area contributed by atoms with E-state index < -0.39 is 0 Å². The summed E-state index contributed by atoms with van der Waals surface area (Å²) in [4.78, 5) is 12.5. The molecule has 1 unspecified atom stereocenters. The standard InChI is InChI=1S/C24H33NO4/c1-7-28-22-13-8-18(23(26)25-17(2)15-27-6)14-19(22)16-29-21-11-9-20(10-12-21)24(3,4)5/h8-14,17H,7,15-16H2,1-6H3,(H,25,26). The number of hydrogen-bond donors (Lipinski definition) is 1. The Hall–Kier alpha value is -2.53. The van der Waals surface area contributed by atoms with Crippen molar-refractivity contribution >= 4 is 5.91 Å². The van der Waals surface area contributed by atoms with E-state index in [1.165, 1.54) is 5.56 Å². The predicted molar refractivity (Wildman–Crippen MR) is 116 cm³/mol. The van der Waals surface area contributed by atoms with Crippen LogP contribution in [0.5, 0.6) is 11.5 Å². The van der Waals surface area contributed by atoms with E-state index in [-0.39, 0.29) is 17.4 Å². The molecule has 158 valence electrons. The molecule has 5 heteroatoms. The van der Waals surface area contributed by atoms with Crippen LogP contribution in [0, 0.1) is 0 Å². The fourth-order valence-corrected chi connectivity index (χ4v) is 2.94. The molecule has 0 fully saturated rings. The summed E-state index contributed by atoms with van der Waals surface area (Å²) in [5.74, 6) is 1.36. The number of carbonyl (C=O) groups excluding carboxylic acids is 1. The maximum atomic E-state index is 12.5. The smallest absolute Gasteiger partial charge is 0.251 e. The van der Waals surface area contributed by atoms with Crippen molar-refractivity contribution in [2.75, 3.05) is 20.3 Å². The van der Waals surface area contributed by atoms with Gasteiger partial charge in [0.1, 0.15) is 18.1 Å². The first-order valence-electron chi connectivity index (χ1n) is 10.0. The van der Waals surface area contributed by atoms with Crippen LogP contribution in [-0.2, 0) is 16.8 Å². The third-order valence-corrected chi connectivity index (χ3v) is 4.53. The van der Waals surface area contributed by atoms with Gasteiger partial charge in [0.15, 0.2) is 0 Å². The Labute approximate surface area is 174 Å². The molecule has 0 aliphatic heterocycles. The number of ether oxygens (including phenoxy) is 3. The number of nitrogens with one attached hydrogen (secondary N) is 1. The van der Waals surface area contributed by atoms with Crippen LogP contribution in [0.3, 0.4) is 0 Å². The molecule has 5 nitrogen and oxygen atoms in total. The second-order valence-electron chi connectivity index (χ2n) is 8.15. The Morgan fingerprint density at radius 2 is 1.76 bits per heavy atom. The highest BCUT2D eigenvalue weighted by atomic mass is 16.5. The summed E-state index contributed by atoms with van der Waals surface area (Å²) in [7, 11) is 1.61. The molecule has 0 spiro atoms. The van der Waals surface area contributed by atoms with E-state index in [1.54, 1.807) is 13.2 Å².